The second kappa shape index (κ2) is 14.9. The van der Waals surface area contributed by atoms with Gasteiger partial charge in [0.1, 0.15) is 21.9 Å². The van der Waals surface area contributed by atoms with Crippen LogP contribution < -0.4 is 18.9 Å². The number of carbonyl (C=O) groups is 1. The summed E-state index contributed by atoms with van der Waals surface area (Å²) >= 11 is 13.6. The maximum absolute atomic E-state index is 13.7. The van der Waals surface area contributed by atoms with Crippen LogP contribution in [0.5, 0.6) is 17.2 Å². The first-order valence-corrected chi connectivity index (χ1v) is 17.2. The van der Waals surface area contributed by atoms with Crippen LogP contribution in [0.15, 0.2) is 59.8 Å². The van der Waals surface area contributed by atoms with Crippen molar-refractivity contribution in [2.45, 2.75) is 48.9 Å². The molecule has 0 unspecified atom stereocenters. The standard InChI is InChI=1S/C29H26Cl2F4N2O8S2/c30-21-13-36(39)14-22(31)20(21)12-24(17-3-8-23(45-29(34)35)25(11-17)42-15-16-1-2-16)44-27(38)26-37(9-10-46-26)47(40,41)19-6-4-18(5-7-19)43-28(32)33/h3-8,11,13-14,16,24,26,28-29H,1-2,9-10,12,15H2/t24-,26-/m0/s1. The molecule has 5 rings (SSSR count). The third kappa shape index (κ3) is 8.84. The predicted octanol–water partition coefficient (Wildman–Crippen LogP) is 6.21. The molecule has 2 aliphatic rings. The van der Waals surface area contributed by atoms with E-state index in [2.05, 4.69) is 9.47 Å². The van der Waals surface area contributed by atoms with E-state index in [0.29, 0.717) is 4.73 Å². The molecule has 0 spiro atoms. The topological polar surface area (TPSA) is 118 Å². The Kier molecular flexibility index (Phi) is 11.2. The number of esters is 1. The number of rotatable bonds is 14. The number of hydrogen-bond donors (Lipinski definition) is 0. The largest absolute Gasteiger partial charge is 0.619 e. The fraction of sp³-hybridized carbons (Fsp3) is 0.379. The number of aromatic nitrogens is 1. The normalized spacial score (nSPS) is 17.6. The molecular weight excluding hydrogens is 715 g/mol. The first-order chi connectivity index (χ1) is 22.3. The average Bonchev–Trinajstić information content (AvgIpc) is 3.69. The first-order valence-electron chi connectivity index (χ1n) is 14.0. The van der Waals surface area contributed by atoms with Crippen molar-refractivity contribution in [1.82, 2.24) is 4.31 Å². The molecule has 1 saturated carbocycles. The molecule has 3 aromatic rings. The fourth-order valence-electron chi connectivity index (χ4n) is 4.68. The van der Waals surface area contributed by atoms with Gasteiger partial charge < -0.3 is 24.2 Å². The molecule has 18 heteroatoms. The fourth-order valence-corrected chi connectivity index (χ4v) is 8.32. The van der Waals surface area contributed by atoms with Crippen LogP contribution in [-0.2, 0) is 26.0 Å². The van der Waals surface area contributed by atoms with Gasteiger partial charge in [0, 0.05) is 24.3 Å². The second-order valence-corrected chi connectivity index (χ2v) is 14.3. The molecule has 1 aliphatic heterocycles. The number of pyridine rings is 1. The van der Waals surface area contributed by atoms with Crippen molar-refractivity contribution < 1.29 is 54.5 Å². The maximum atomic E-state index is 13.7. The smallest absolute Gasteiger partial charge is 0.387 e. The van der Waals surface area contributed by atoms with Crippen molar-refractivity contribution in [2.24, 2.45) is 5.92 Å². The van der Waals surface area contributed by atoms with E-state index in [-0.39, 0.29) is 74.6 Å². The van der Waals surface area contributed by atoms with Crippen molar-refractivity contribution in [3.63, 3.8) is 0 Å². The minimum absolute atomic E-state index is 0.0304. The molecule has 47 heavy (non-hydrogen) atoms. The summed E-state index contributed by atoms with van der Waals surface area (Å²) in [7, 11) is -4.31. The zero-order valence-electron chi connectivity index (χ0n) is 24.1. The van der Waals surface area contributed by atoms with E-state index in [1.807, 2.05) is 0 Å². The van der Waals surface area contributed by atoms with Gasteiger partial charge in [0.2, 0.25) is 10.0 Å². The molecule has 2 heterocycles. The van der Waals surface area contributed by atoms with Crippen LogP contribution in [0.1, 0.15) is 30.1 Å². The molecule has 0 bridgehead atoms. The van der Waals surface area contributed by atoms with Crippen LogP contribution in [0.2, 0.25) is 10.0 Å². The maximum Gasteiger partial charge on any atom is 0.387 e. The SMILES string of the molecule is O=C(O[C@@H](Cc1c(Cl)c[n+]([O-])cc1Cl)c1ccc(OC(F)F)c(OCC2CC2)c1)[C@@H]1SCCN1S(=O)(=O)c1ccc(OC(F)F)cc1. The Morgan fingerprint density at radius 3 is 2.28 bits per heavy atom. The van der Waals surface area contributed by atoms with E-state index in [1.54, 1.807) is 0 Å². The Morgan fingerprint density at radius 1 is 1.00 bits per heavy atom. The predicted molar refractivity (Wildman–Crippen MR) is 162 cm³/mol. The molecule has 2 aromatic carbocycles. The van der Waals surface area contributed by atoms with Crippen molar-refractivity contribution in [2.75, 3.05) is 18.9 Å². The van der Waals surface area contributed by atoms with Crippen LogP contribution in [0.4, 0.5) is 17.6 Å². The van der Waals surface area contributed by atoms with E-state index in [4.69, 9.17) is 32.7 Å². The van der Waals surface area contributed by atoms with E-state index < -0.39 is 40.7 Å². The summed E-state index contributed by atoms with van der Waals surface area (Å²) in [5.41, 5.74) is 0.477. The van der Waals surface area contributed by atoms with Gasteiger partial charge in [0.25, 0.3) is 0 Å². The van der Waals surface area contributed by atoms with Gasteiger partial charge in [0.05, 0.1) is 11.5 Å². The number of benzene rings is 2. The molecule has 2 fully saturated rings. The molecule has 1 aliphatic carbocycles. The van der Waals surface area contributed by atoms with E-state index >= 15 is 0 Å². The van der Waals surface area contributed by atoms with Crippen molar-refractivity contribution >= 4 is 51.0 Å². The van der Waals surface area contributed by atoms with Gasteiger partial charge in [-0.2, -0.15) is 26.6 Å². The minimum atomic E-state index is -4.31. The Hall–Kier alpha value is -3.18. The Balaban J connectivity index is 1.44. The quantitative estimate of drug-likeness (QED) is 0.0823. The second-order valence-electron chi connectivity index (χ2n) is 10.5. The van der Waals surface area contributed by atoms with E-state index in [1.165, 1.54) is 18.2 Å². The van der Waals surface area contributed by atoms with Crippen molar-refractivity contribution in [1.29, 1.82) is 0 Å². The number of nitrogens with zero attached hydrogens (tertiary/aromatic N) is 2. The molecule has 1 aromatic heterocycles. The number of sulfonamides is 1. The summed E-state index contributed by atoms with van der Waals surface area (Å²) in [5, 5.41) is 10.4. The monoisotopic (exact) mass is 740 g/mol. The van der Waals surface area contributed by atoms with Crippen LogP contribution in [0.25, 0.3) is 0 Å². The van der Waals surface area contributed by atoms with E-state index in [9.17, 15) is 36.0 Å². The van der Waals surface area contributed by atoms with Gasteiger partial charge in [-0.25, -0.2) is 13.2 Å². The molecule has 0 amide bonds. The van der Waals surface area contributed by atoms with Crippen LogP contribution in [0.3, 0.4) is 0 Å². The summed E-state index contributed by atoms with van der Waals surface area (Å²) in [6, 6.07) is 8.26. The molecule has 0 radical (unpaired) electrons. The molecular formula is C29H26Cl2F4N2O8S2. The molecule has 0 N–H and O–H groups in total. The Labute approximate surface area is 281 Å². The number of carbonyl (C=O) groups excluding carboxylic acids is 1. The minimum Gasteiger partial charge on any atom is -0.619 e. The van der Waals surface area contributed by atoms with Crippen LogP contribution in [-0.4, -0.2) is 56.2 Å². The van der Waals surface area contributed by atoms with Crippen molar-refractivity contribution in [3.05, 3.63) is 81.2 Å². The lowest BCUT2D eigenvalue weighted by Gasteiger charge is -2.26. The third-order valence-corrected chi connectivity index (χ3v) is 11.0. The number of hydrogen-bond acceptors (Lipinski definition) is 9. The highest BCUT2D eigenvalue weighted by Gasteiger charge is 2.42. The lowest BCUT2D eigenvalue weighted by molar-refractivity contribution is -0.605. The molecule has 2 atom stereocenters. The highest BCUT2D eigenvalue weighted by Crippen LogP contribution is 2.39. The number of alkyl halides is 4. The number of ether oxygens (including phenoxy) is 4. The molecule has 254 valence electrons. The summed E-state index contributed by atoms with van der Waals surface area (Å²) in [5.74, 6) is -1.00. The van der Waals surface area contributed by atoms with Gasteiger partial charge in [-0.15, -0.1) is 11.8 Å². The van der Waals surface area contributed by atoms with Crippen LogP contribution >= 0.6 is 35.0 Å². The van der Waals surface area contributed by atoms with Crippen LogP contribution in [0, 0.1) is 11.1 Å². The highest BCUT2D eigenvalue weighted by atomic mass is 35.5. The van der Waals surface area contributed by atoms with Crippen molar-refractivity contribution in [3.8, 4) is 17.2 Å². The van der Waals surface area contributed by atoms with Gasteiger partial charge in [-0.3, -0.25) is 0 Å². The van der Waals surface area contributed by atoms with Gasteiger partial charge >= 0.3 is 19.2 Å². The third-order valence-electron chi connectivity index (χ3n) is 7.14. The summed E-state index contributed by atoms with van der Waals surface area (Å²) in [6.45, 7) is -6.06. The van der Waals surface area contributed by atoms with Gasteiger partial charge in [-0.05, 0) is 60.7 Å². The Bertz CT molecular complexity index is 1680. The Morgan fingerprint density at radius 2 is 1.66 bits per heavy atom. The lowest BCUT2D eigenvalue weighted by Crippen LogP contribution is -2.40. The number of thioether (sulfide) groups is 1. The van der Waals surface area contributed by atoms with Gasteiger partial charge in [0.15, 0.2) is 29.3 Å². The summed E-state index contributed by atoms with van der Waals surface area (Å²) in [6.07, 6.45) is 2.51. The lowest BCUT2D eigenvalue weighted by atomic mass is 10.0. The summed E-state index contributed by atoms with van der Waals surface area (Å²) in [4.78, 5) is 13.4. The zero-order chi connectivity index (χ0) is 33.9. The van der Waals surface area contributed by atoms with E-state index in [0.717, 1.165) is 65.6 Å². The number of halogens is 6. The summed E-state index contributed by atoms with van der Waals surface area (Å²) < 4.78 is 100. The zero-order valence-corrected chi connectivity index (χ0v) is 27.2. The first kappa shape index (κ1) is 35.1. The highest BCUT2D eigenvalue weighted by molar-refractivity contribution is 8.02. The molecule has 10 nitrogen and oxygen atoms in total. The average molecular weight is 742 g/mol. The van der Waals surface area contributed by atoms with Gasteiger partial charge in [-0.1, -0.05) is 29.3 Å². The molecule has 1 saturated heterocycles.